The zero-order valence-electron chi connectivity index (χ0n) is 7.35. The maximum atomic E-state index is 9.21. The molecule has 0 aliphatic carbocycles. The lowest BCUT2D eigenvalue weighted by molar-refractivity contribution is -0.0372. The van der Waals surface area contributed by atoms with Crippen LogP contribution in [0.1, 0.15) is 26.2 Å². The molecule has 0 bridgehead atoms. The van der Waals surface area contributed by atoms with Crippen LogP contribution in [0.2, 0.25) is 0 Å². The van der Waals surface area contributed by atoms with Crippen molar-refractivity contribution in [3.8, 4) is 0 Å². The molecule has 0 heterocycles. The van der Waals surface area contributed by atoms with E-state index in [4.69, 9.17) is 15.3 Å². The van der Waals surface area contributed by atoms with Crippen LogP contribution < -0.4 is 0 Å². The molecule has 3 atom stereocenters. The van der Waals surface area contributed by atoms with E-state index in [2.05, 4.69) is 0 Å². The van der Waals surface area contributed by atoms with Crippen LogP contribution in [-0.4, -0.2) is 45.3 Å². The second-order valence-electron chi connectivity index (χ2n) is 3.00. The van der Waals surface area contributed by atoms with Crippen molar-refractivity contribution >= 4 is 0 Å². The highest BCUT2D eigenvalue weighted by atomic mass is 16.4. The first-order valence-electron chi connectivity index (χ1n) is 4.26. The van der Waals surface area contributed by atoms with E-state index in [9.17, 15) is 5.11 Å². The first-order chi connectivity index (χ1) is 5.61. The van der Waals surface area contributed by atoms with Gasteiger partial charge < -0.3 is 20.4 Å². The van der Waals surface area contributed by atoms with Gasteiger partial charge in [-0.3, -0.25) is 0 Å². The fraction of sp³-hybridized carbons (Fsp3) is 1.00. The molecule has 0 fully saturated rings. The minimum atomic E-state index is -1.14. The van der Waals surface area contributed by atoms with Crippen LogP contribution in [-0.2, 0) is 0 Å². The summed E-state index contributed by atoms with van der Waals surface area (Å²) >= 11 is 0. The lowest BCUT2D eigenvalue weighted by Gasteiger charge is -2.18. The summed E-state index contributed by atoms with van der Waals surface area (Å²) in [5.74, 6) is 0. The van der Waals surface area contributed by atoms with Gasteiger partial charge >= 0.3 is 0 Å². The van der Waals surface area contributed by atoms with E-state index in [1.54, 1.807) is 0 Å². The van der Waals surface area contributed by atoms with Crippen LogP contribution in [0, 0.1) is 0 Å². The Morgan fingerprint density at radius 2 is 1.67 bits per heavy atom. The Hall–Kier alpha value is -0.160. The van der Waals surface area contributed by atoms with Gasteiger partial charge in [-0.05, 0) is 6.42 Å². The van der Waals surface area contributed by atoms with Gasteiger partial charge in [-0.15, -0.1) is 0 Å². The fourth-order valence-electron chi connectivity index (χ4n) is 1.01. The molecule has 0 aromatic heterocycles. The largest absolute Gasteiger partial charge is 0.394 e. The molecule has 4 heteroatoms. The van der Waals surface area contributed by atoms with Crippen LogP contribution in [0.25, 0.3) is 0 Å². The zero-order valence-corrected chi connectivity index (χ0v) is 7.35. The predicted octanol–water partition coefficient (Wildman–Crippen LogP) is -0.748. The van der Waals surface area contributed by atoms with Crippen LogP contribution in [0.5, 0.6) is 0 Å². The second-order valence-corrected chi connectivity index (χ2v) is 3.00. The van der Waals surface area contributed by atoms with Gasteiger partial charge in [0.25, 0.3) is 0 Å². The lowest BCUT2D eigenvalue weighted by Crippen LogP contribution is -2.32. The fourth-order valence-corrected chi connectivity index (χ4v) is 1.01. The molecular formula is C8H18O4. The van der Waals surface area contributed by atoms with Gasteiger partial charge in [0.05, 0.1) is 18.8 Å². The normalized spacial score (nSPS) is 18.8. The zero-order chi connectivity index (χ0) is 9.56. The van der Waals surface area contributed by atoms with E-state index in [0.717, 1.165) is 6.42 Å². The highest BCUT2D eigenvalue weighted by Gasteiger charge is 2.18. The van der Waals surface area contributed by atoms with Gasteiger partial charge in [-0.25, -0.2) is 0 Å². The first kappa shape index (κ1) is 11.8. The summed E-state index contributed by atoms with van der Waals surface area (Å²) in [6, 6.07) is 0. The molecule has 0 aromatic carbocycles. The molecule has 12 heavy (non-hydrogen) atoms. The summed E-state index contributed by atoms with van der Waals surface area (Å²) in [6.45, 7) is 1.46. The minimum Gasteiger partial charge on any atom is -0.394 e. The topological polar surface area (TPSA) is 80.9 Å². The van der Waals surface area contributed by atoms with E-state index < -0.39 is 24.9 Å². The van der Waals surface area contributed by atoms with E-state index in [-0.39, 0.29) is 6.42 Å². The van der Waals surface area contributed by atoms with Crippen molar-refractivity contribution in [3.63, 3.8) is 0 Å². The second kappa shape index (κ2) is 6.37. The molecule has 0 saturated heterocycles. The SMILES string of the molecule is CCC[C@@H](O)C[C@H](O)[C@@H](O)CO. The molecule has 4 N–H and O–H groups in total. The van der Waals surface area contributed by atoms with Crippen molar-refractivity contribution in [1.29, 1.82) is 0 Å². The maximum Gasteiger partial charge on any atom is 0.103 e. The van der Waals surface area contributed by atoms with Gasteiger partial charge in [0, 0.05) is 6.42 Å². The number of aliphatic hydroxyl groups is 4. The Balaban J connectivity index is 3.59. The summed E-state index contributed by atoms with van der Waals surface area (Å²) < 4.78 is 0. The molecule has 0 aromatic rings. The van der Waals surface area contributed by atoms with Gasteiger partial charge in [0.1, 0.15) is 6.10 Å². The molecular weight excluding hydrogens is 160 g/mol. The minimum absolute atomic E-state index is 0.121. The molecule has 0 spiro atoms. The average Bonchev–Trinajstić information content (AvgIpc) is 2.03. The molecule has 4 nitrogen and oxygen atoms in total. The molecule has 0 radical (unpaired) electrons. The molecule has 0 aliphatic rings. The van der Waals surface area contributed by atoms with Crippen LogP contribution in [0.3, 0.4) is 0 Å². The number of hydrogen-bond donors (Lipinski definition) is 4. The molecule has 0 unspecified atom stereocenters. The maximum absolute atomic E-state index is 9.21. The van der Waals surface area contributed by atoms with E-state index in [1.165, 1.54) is 0 Å². The van der Waals surface area contributed by atoms with Gasteiger partial charge in [0.2, 0.25) is 0 Å². The van der Waals surface area contributed by atoms with Crippen molar-refractivity contribution in [2.45, 2.75) is 44.5 Å². The van der Waals surface area contributed by atoms with Gasteiger partial charge in [-0.2, -0.15) is 0 Å². The van der Waals surface area contributed by atoms with Crippen LogP contribution in [0.4, 0.5) is 0 Å². The smallest absolute Gasteiger partial charge is 0.103 e. The van der Waals surface area contributed by atoms with E-state index in [1.807, 2.05) is 6.92 Å². The van der Waals surface area contributed by atoms with Crippen LogP contribution >= 0.6 is 0 Å². The first-order valence-corrected chi connectivity index (χ1v) is 4.26. The number of aliphatic hydroxyl groups excluding tert-OH is 4. The summed E-state index contributed by atoms with van der Waals surface area (Å²) in [7, 11) is 0. The predicted molar refractivity (Wildman–Crippen MR) is 44.6 cm³/mol. The molecule has 0 aliphatic heterocycles. The Kier molecular flexibility index (Phi) is 6.28. The average molecular weight is 178 g/mol. The molecule has 0 saturated carbocycles. The van der Waals surface area contributed by atoms with Crippen molar-refractivity contribution in [2.75, 3.05) is 6.61 Å². The third-order valence-electron chi connectivity index (χ3n) is 1.77. The number of rotatable bonds is 6. The lowest BCUT2D eigenvalue weighted by atomic mass is 10.0. The van der Waals surface area contributed by atoms with Crippen molar-refractivity contribution in [2.24, 2.45) is 0 Å². The Labute approximate surface area is 72.5 Å². The third-order valence-corrected chi connectivity index (χ3v) is 1.77. The van der Waals surface area contributed by atoms with Gasteiger partial charge in [0.15, 0.2) is 0 Å². The number of hydrogen-bond acceptors (Lipinski definition) is 4. The molecule has 0 amide bonds. The standard InChI is InChI=1S/C8H18O4/c1-2-3-6(10)4-7(11)8(12)5-9/h6-12H,2-5H2,1H3/t6-,7+,8+/m1/s1. The molecule has 74 valence electrons. The highest BCUT2D eigenvalue weighted by Crippen LogP contribution is 2.07. The Morgan fingerprint density at radius 1 is 1.08 bits per heavy atom. The summed E-state index contributed by atoms with van der Waals surface area (Å²) in [5, 5.41) is 35.7. The van der Waals surface area contributed by atoms with Crippen molar-refractivity contribution in [3.05, 3.63) is 0 Å². The van der Waals surface area contributed by atoms with Crippen LogP contribution in [0.15, 0.2) is 0 Å². The monoisotopic (exact) mass is 178 g/mol. The van der Waals surface area contributed by atoms with Gasteiger partial charge in [-0.1, -0.05) is 13.3 Å². The van der Waals surface area contributed by atoms with Crippen molar-refractivity contribution < 1.29 is 20.4 Å². The Bertz CT molecular complexity index is 107. The highest BCUT2D eigenvalue weighted by molar-refractivity contribution is 4.70. The Morgan fingerprint density at radius 3 is 2.08 bits per heavy atom. The molecule has 0 rings (SSSR count). The quantitative estimate of drug-likeness (QED) is 0.431. The summed E-state index contributed by atoms with van der Waals surface area (Å²) in [6.07, 6.45) is -1.20. The summed E-state index contributed by atoms with van der Waals surface area (Å²) in [4.78, 5) is 0. The van der Waals surface area contributed by atoms with E-state index >= 15 is 0 Å². The van der Waals surface area contributed by atoms with E-state index in [0.29, 0.717) is 6.42 Å². The third kappa shape index (κ3) is 4.66. The summed E-state index contributed by atoms with van der Waals surface area (Å²) in [5.41, 5.74) is 0. The van der Waals surface area contributed by atoms with Crippen molar-refractivity contribution in [1.82, 2.24) is 0 Å².